The van der Waals surface area contributed by atoms with Crippen LogP contribution in [0.15, 0.2) is 54.7 Å². The average molecular weight is 553 g/mol. The summed E-state index contributed by atoms with van der Waals surface area (Å²) in [6.07, 6.45) is -2.45. The molecule has 38 heavy (non-hydrogen) atoms. The van der Waals surface area contributed by atoms with Gasteiger partial charge in [0.1, 0.15) is 18.2 Å². The molecule has 0 saturated carbocycles. The lowest BCUT2D eigenvalue weighted by atomic mass is 9.98. The lowest BCUT2D eigenvalue weighted by Gasteiger charge is -2.34. The van der Waals surface area contributed by atoms with E-state index < -0.39 is 49.2 Å². The minimum Gasteiger partial charge on any atom is -0.447 e. The van der Waals surface area contributed by atoms with Gasteiger partial charge in [-0.05, 0) is 43.4 Å². The van der Waals surface area contributed by atoms with Gasteiger partial charge in [-0.2, -0.15) is 0 Å². The van der Waals surface area contributed by atoms with E-state index in [4.69, 9.17) is 16.3 Å². The summed E-state index contributed by atoms with van der Waals surface area (Å²) in [4.78, 5) is 30.3. The second kappa shape index (κ2) is 12.8. The van der Waals surface area contributed by atoms with Crippen LogP contribution in [0.2, 0.25) is 5.02 Å². The Labute approximate surface area is 222 Å². The number of nitrogens with zero attached hydrogens (tertiary/aromatic N) is 2. The van der Waals surface area contributed by atoms with Crippen LogP contribution in [0.4, 0.5) is 28.6 Å². The fourth-order valence-corrected chi connectivity index (χ4v) is 4.00. The fourth-order valence-electron chi connectivity index (χ4n) is 3.80. The van der Waals surface area contributed by atoms with E-state index in [1.54, 1.807) is 12.3 Å². The monoisotopic (exact) mass is 552 g/mol. The number of fused-ring (bicyclic) bond motifs is 1. The maximum absolute atomic E-state index is 13.7. The van der Waals surface area contributed by atoms with Crippen molar-refractivity contribution in [3.8, 4) is 0 Å². The standard InChI is InChI=1S/C26H28ClF3N4O4/c1-26(2,37)11-19(15-38-25(36)33-22-10-16-6-3-4-7-17(16)12-31-22)34(14-21(29)30)24(35)32-13-18-8-5-9-20(28)23(18)27/h3-10,12,19,21,37H,11,13-15H2,1-2H3,(H,32,35)(H,31,33,36)/t19-/m0/s1. The number of alkyl halides is 2. The fraction of sp³-hybridized carbons (Fsp3) is 0.346. The Morgan fingerprint density at radius 3 is 2.55 bits per heavy atom. The van der Waals surface area contributed by atoms with Crippen molar-refractivity contribution < 1.29 is 32.6 Å². The summed E-state index contributed by atoms with van der Waals surface area (Å²) < 4.78 is 45.9. The molecule has 12 heteroatoms. The molecule has 3 aromatic rings. The first-order valence-electron chi connectivity index (χ1n) is 11.7. The summed E-state index contributed by atoms with van der Waals surface area (Å²) in [5, 5.41) is 16.8. The quantitative estimate of drug-likeness (QED) is 0.304. The second-order valence-electron chi connectivity index (χ2n) is 9.23. The zero-order chi connectivity index (χ0) is 27.9. The van der Waals surface area contributed by atoms with Gasteiger partial charge in [-0.15, -0.1) is 0 Å². The molecule has 0 aliphatic carbocycles. The van der Waals surface area contributed by atoms with E-state index in [2.05, 4.69) is 15.6 Å². The molecule has 8 nitrogen and oxygen atoms in total. The highest BCUT2D eigenvalue weighted by Gasteiger charge is 2.32. The minimum absolute atomic E-state index is 0.185. The largest absolute Gasteiger partial charge is 0.447 e. The van der Waals surface area contributed by atoms with Crippen molar-refractivity contribution >= 4 is 40.3 Å². The summed E-state index contributed by atoms with van der Waals surface area (Å²) >= 11 is 5.91. The second-order valence-corrected chi connectivity index (χ2v) is 9.60. The third-order valence-electron chi connectivity index (χ3n) is 5.50. The van der Waals surface area contributed by atoms with Crippen LogP contribution in [-0.4, -0.2) is 58.3 Å². The van der Waals surface area contributed by atoms with Gasteiger partial charge in [-0.1, -0.05) is 48.0 Å². The number of halogens is 4. The van der Waals surface area contributed by atoms with E-state index in [0.29, 0.717) is 0 Å². The molecule has 2 aromatic carbocycles. The summed E-state index contributed by atoms with van der Waals surface area (Å²) in [5.74, 6) is -0.482. The maximum Gasteiger partial charge on any atom is 0.412 e. The predicted molar refractivity (Wildman–Crippen MR) is 138 cm³/mol. The predicted octanol–water partition coefficient (Wildman–Crippen LogP) is 5.58. The van der Waals surface area contributed by atoms with E-state index in [1.165, 1.54) is 26.0 Å². The lowest BCUT2D eigenvalue weighted by molar-refractivity contribution is 0.00714. The Bertz CT molecular complexity index is 1270. The average Bonchev–Trinajstić information content (AvgIpc) is 2.85. The molecule has 0 unspecified atom stereocenters. The van der Waals surface area contributed by atoms with Gasteiger partial charge in [0.25, 0.3) is 6.43 Å². The van der Waals surface area contributed by atoms with E-state index in [1.807, 2.05) is 24.3 Å². The molecule has 3 rings (SSSR count). The molecule has 1 atom stereocenters. The number of carbonyl (C=O) groups excluding carboxylic acids is 2. The first kappa shape index (κ1) is 29.0. The number of nitrogens with one attached hydrogen (secondary N) is 2. The number of hydrogen-bond acceptors (Lipinski definition) is 5. The van der Waals surface area contributed by atoms with Crippen LogP contribution in [0.3, 0.4) is 0 Å². The normalized spacial score (nSPS) is 12.3. The van der Waals surface area contributed by atoms with Gasteiger partial charge in [-0.3, -0.25) is 5.32 Å². The number of ether oxygens (including phenoxy) is 1. The van der Waals surface area contributed by atoms with Crippen LogP contribution in [0.1, 0.15) is 25.8 Å². The topological polar surface area (TPSA) is 104 Å². The first-order chi connectivity index (χ1) is 17.9. The molecule has 1 aromatic heterocycles. The van der Waals surface area contributed by atoms with Crippen molar-refractivity contribution in [1.82, 2.24) is 15.2 Å². The number of anilines is 1. The van der Waals surface area contributed by atoms with Crippen LogP contribution in [0, 0.1) is 5.82 Å². The van der Waals surface area contributed by atoms with Crippen LogP contribution in [0.25, 0.3) is 10.8 Å². The van der Waals surface area contributed by atoms with Gasteiger partial charge < -0.3 is 20.1 Å². The van der Waals surface area contributed by atoms with Crippen LogP contribution >= 0.6 is 11.6 Å². The number of pyridine rings is 1. The molecule has 0 aliphatic heterocycles. The molecule has 0 bridgehead atoms. The van der Waals surface area contributed by atoms with Gasteiger partial charge in [0.15, 0.2) is 0 Å². The van der Waals surface area contributed by atoms with Gasteiger partial charge in [-0.25, -0.2) is 27.7 Å². The Morgan fingerprint density at radius 2 is 1.87 bits per heavy atom. The highest BCUT2D eigenvalue weighted by atomic mass is 35.5. The summed E-state index contributed by atoms with van der Waals surface area (Å²) in [5.41, 5.74) is -1.15. The Balaban J connectivity index is 1.71. The molecule has 0 fully saturated rings. The molecule has 3 N–H and O–H groups in total. The summed E-state index contributed by atoms with van der Waals surface area (Å²) in [6.45, 7) is 1.14. The molecular weight excluding hydrogens is 525 g/mol. The number of rotatable bonds is 10. The summed E-state index contributed by atoms with van der Waals surface area (Å²) in [7, 11) is 0. The molecule has 0 aliphatic rings. The van der Waals surface area contributed by atoms with Gasteiger partial charge >= 0.3 is 12.1 Å². The number of hydrogen-bond donors (Lipinski definition) is 3. The number of benzene rings is 2. The Hall–Kier alpha value is -3.57. The number of aromatic nitrogens is 1. The smallest absolute Gasteiger partial charge is 0.412 e. The van der Waals surface area contributed by atoms with Crippen molar-refractivity contribution in [3.63, 3.8) is 0 Å². The van der Waals surface area contributed by atoms with Crippen molar-refractivity contribution in [3.05, 3.63) is 71.1 Å². The molecule has 0 spiro atoms. The van der Waals surface area contributed by atoms with Crippen molar-refractivity contribution in [2.75, 3.05) is 18.5 Å². The Morgan fingerprint density at radius 1 is 1.16 bits per heavy atom. The van der Waals surface area contributed by atoms with Gasteiger partial charge in [0.2, 0.25) is 0 Å². The molecule has 0 radical (unpaired) electrons. The highest BCUT2D eigenvalue weighted by Crippen LogP contribution is 2.21. The van der Waals surface area contributed by atoms with E-state index >= 15 is 0 Å². The Kier molecular flexibility index (Phi) is 9.76. The van der Waals surface area contributed by atoms with Crippen LogP contribution in [-0.2, 0) is 11.3 Å². The molecule has 1 heterocycles. The van der Waals surface area contributed by atoms with Gasteiger partial charge in [0.05, 0.1) is 23.2 Å². The van der Waals surface area contributed by atoms with Crippen molar-refractivity contribution in [1.29, 1.82) is 0 Å². The molecule has 0 saturated heterocycles. The van der Waals surface area contributed by atoms with Crippen molar-refractivity contribution in [2.24, 2.45) is 0 Å². The third kappa shape index (κ3) is 8.49. The summed E-state index contributed by atoms with van der Waals surface area (Å²) in [6, 6.07) is 11.0. The number of aliphatic hydroxyl groups is 1. The molecule has 3 amide bonds. The van der Waals surface area contributed by atoms with E-state index in [0.717, 1.165) is 21.7 Å². The lowest BCUT2D eigenvalue weighted by Crippen LogP contribution is -2.52. The van der Waals surface area contributed by atoms with E-state index in [-0.39, 0.29) is 29.4 Å². The SMILES string of the molecule is CC(C)(O)C[C@@H](COC(=O)Nc1cc2ccccc2cn1)N(CC(F)F)C(=O)NCc1cccc(F)c1Cl. The zero-order valence-corrected chi connectivity index (χ0v) is 21.5. The van der Waals surface area contributed by atoms with Crippen molar-refractivity contribution in [2.45, 2.75) is 44.9 Å². The van der Waals surface area contributed by atoms with E-state index in [9.17, 15) is 27.9 Å². The third-order valence-corrected chi connectivity index (χ3v) is 5.92. The maximum atomic E-state index is 13.7. The minimum atomic E-state index is -2.92. The molecule has 204 valence electrons. The highest BCUT2D eigenvalue weighted by molar-refractivity contribution is 6.31. The van der Waals surface area contributed by atoms with Gasteiger partial charge in [0, 0.05) is 18.1 Å². The first-order valence-corrected chi connectivity index (χ1v) is 12.1. The molecular formula is C26H28ClF3N4O4. The number of carbonyl (C=O) groups is 2. The zero-order valence-electron chi connectivity index (χ0n) is 20.8. The number of urea groups is 1. The van der Waals surface area contributed by atoms with Crippen LogP contribution in [0.5, 0.6) is 0 Å². The number of amides is 3. The van der Waals surface area contributed by atoms with Crippen LogP contribution < -0.4 is 10.6 Å².